The summed E-state index contributed by atoms with van der Waals surface area (Å²) in [4.78, 5) is 100.0. The first kappa shape index (κ1) is 101. The molecule has 734 valence electrons. The monoisotopic (exact) mass is 1920 g/mol. The number of halogens is 13. The van der Waals surface area contributed by atoms with Crippen molar-refractivity contribution in [1.82, 2.24) is 58.3 Å². The summed E-state index contributed by atoms with van der Waals surface area (Å²) in [5.74, 6) is -4.05. The van der Waals surface area contributed by atoms with Crippen molar-refractivity contribution in [3.8, 4) is 28.4 Å². The number of amides is 4. The molecule has 3 N–H and O–H groups in total. The van der Waals surface area contributed by atoms with E-state index in [1.165, 1.54) is 49.6 Å². The van der Waals surface area contributed by atoms with Crippen LogP contribution in [0.25, 0.3) is 11.1 Å². The Morgan fingerprint density at radius 2 is 0.875 bits per heavy atom. The van der Waals surface area contributed by atoms with Gasteiger partial charge in [0.1, 0.15) is 22.9 Å². The molecule has 12 heterocycles. The average molecular weight is 1930 g/mol. The number of piperidine rings is 4. The van der Waals surface area contributed by atoms with E-state index in [-0.39, 0.29) is 50.1 Å². The number of benzene rings is 5. The zero-order valence-corrected chi connectivity index (χ0v) is 78.7. The van der Waals surface area contributed by atoms with Gasteiger partial charge >= 0.3 is 24.7 Å². The third-order valence-electron chi connectivity index (χ3n) is 28.1. The molecule has 5 aromatic carbocycles. The van der Waals surface area contributed by atoms with Crippen LogP contribution in [0.3, 0.4) is 0 Å². The number of hydrogen-bond acceptors (Lipinski definition) is 15. The number of ether oxygens (including phenoxy) is 3. The molecular formula is C100H117ClF12N12O11. The number of methoxy groups -OCH3 is 2. The summed E-state index contributed by atoms with van der Waals surface area (Å²) >= 11 is 6.16. The van der Waals surface area contributed by atoms with Gasteiger partial charge in [0.25, 0.3) is 41.0 Å². The first-order valence-electron chi connectivity index (χ1n) is 45.4. The maximum absolute atomic E-state index is 13.7. The van der Waals surface area contributed by atoms with Crippen LogP contribution in [0.4, 0.5) is 52.7 Å². The number of carbonyl (C=O) groups excluding carboxylic acids is 7. The predicted octanol–water partition coefficient (Wildman–Crippen LogP) is 18.5. The van der Waals surface area contributed by atoms with Crippen LogP contribution < -0.4 is 24.8 Å². The zero-order valence-electron chi connectivity index (χ0n) is 77.9. The molecular weight excluding hydrogens is 1810 g/mol. The highest BCUT2D eigenvalue weighted by Crippen LogP contribution is 2.49. The van der Waals surface area contributed by atoms with Crippen molar-refractivity contribution in [3.63, 3.8) is 0 Å². The summed E-state index contributed by atoms with van der Waals surface area (Å²) < 4.78 is 181. The van der Waals surface area contributed by atoms with Crippen molar-refractivity contribution in [2.24, 2.45) is 0 Å². The van der Waals surface area contributed by atoms with E-state index in [1.54, 1.807) is 138 Å². The van der Waals surface area contributed by atoms with E-state index in [2.05, 4.69) is 20.4 Å². The Bertz CT molecular complexity index is 5970. The molecule has 4 saturated heterocycles. The van der Waals surface area contributed by atoms with Gasteiger partial charge in [0, 0.05) is 151 Å². The molecule has 0 unspecified atom stereocenters. The van der Waals surface area contributed by atoms with Crippen molar-refractivity contribution in [2.75, 3.05) is 107 Å². The van der Waals surface area contributed by atoms with E-state index in [1.807, 2.05) is 92.0 Å². The molecule has 8 aliphatic rings. The summed E-state index contributed by atoms with van der Waals surface area (Å²) in [5.41, 5.74) is 2.12. The minimum Gasteiger partial charge on any atom is -0.496 e. The predicted molar refractivity (Wildman–Crippen MR) is 490 cm³/mol. The number of hydrogen-bond donors (Lipinski definition) is 3. The third-order valence-corrected chi connectivity index (χ3v) is 28.4. The molecule has 4 amide bonds. The number of carbonyl (C=O) groups is 7. The average Bonchev–Trinajstić information content (AvgIpc) is 1.54. The molecule has 23 nitrogen and oxygen atoms in total. The fraction of sp³-hybridized carbons (Fsp3) is 0.470. The first-order chi connectivity index (χ1) is 63.8. The smallest absolute Gasteiger partial charge is 0.456 e. The van der Waals surface area contributed by atoms with Gasteiger partial charge in [0.05, 0.1) is 76.2 Å². The number of alkyl halides is 12. The molecule has 36 heteroatoms. The highest BCUT2D eigenvalue weighted by molar-refractivity contribution is 6.32. The number of nitrogens with one attached hydrogen (secondary N) is 2. The Morgan fingerprint density at radius 3 is 1.32 bits per heavy atom. The molecule has 17 rings (SSSR count). The maximum Gasteiger partial charge on any atom is 0.456 e. The number of rotatable bonds is 14. The normalized spacial score (nSPS) is 18.8. The molecule has 0 aliphatic carbocycles. The van der Waals surface area contributed by atoms with E-state index in [0.717, 1.165) is 34.4 Å². The van der Waals surface area contributed by atoms with Crippen LogP contribution >= 0.6 is 11.6 Å². The number of fused-ring (bicyclic) bond motifs is 8. The number of ketones is 3. The zero-order chi connectivity index (χ0) is 98.8. The van der Waals surface area contributed by atoms with Crippen molar-refractivity contribution in [2.45, 2.75) is 196 Å². The maximum atomic E-state index is 13.7. The number of Topliss-reactive ketones (excluding diaryl/α,β-unsaturated/α-hetero) is 3. The Morgan fingerprint density at radius 1 is 0.463 bits per heavy atom. The van der Waals surface area contributed by atoms with E-state index < -0.39 is 86.6 Å². The number of likely N-dealkylation sites (tertiary alicyclic amines) is 4. The van der Waals surface area contributed by atoms with Crippen molar-refractivity contribution >= 4 is 52.6 Å². The lowest BCUT2D eigenvalue weighted by atomic mass is 9.79. The van der Waals surface area contributed by atoms with E-state index >= 15 is 0 Å². The second kappa shape index (κ2) is 38.3. The van der Waals surface area contributed by atoms with E-state index in [4.69, 9.17) is 25.8 Å². The second-order valence-electron chi connectivity index (χ2n) is 38.1. The molecule has 0 radical (unpaired) electrons. The Kier molecular flexibility index (Phi) is 28.3. The number of nitrogens with zero attached hydrogens (tertiary/aromatic N) is 10. The number of aryl methyl sites for hydroxylation is 1. The van der Waals surface area contributed by atoms with Gasteiger partial charge in [-0.15, -0.1) is 0 Å². The largest absolute Gasteiger partial charge is 0.496 e. The quantitative estimate of drug-likeness (QED) is 0.0679. The number of likely N-dealkylation sites (N-methyl/N-ethyl adjacent to an activating group) is 2. The molecule has 0 saturated carbocycles. The highest BCUT2D eigenvalue weighted by atomic mass is 35.5. The van der Waals surface area contributed by atoms with Crippen LogP contribution in [-0.4, -0.2) is 225 Å². The van der Waals surface area contributed by atoms with Gasteiger partial charge in [0.2, 0.25) is 0 Å². The summed E-state index contributed by atoms with van der Waals surface area (Å²) in [6.07, 6.45) is -13.9. The van der Waals surface area contributed by atoms with E-state index in [0.29, 0.717) is 205 Å². The standard InChI is InChI=1S/C28H28F3N3O3.C25H32F3N3O2.C24H28F3N3O3.C23H25ClF3N3O3.2H2/c1-32-16-17-34-22(25(35)28(29,30)31)9-11-24(34)27(32)12-14-33(15-13-27)26(36)20-8-10-23(37-2)21(18-20)19-6-4-3-5-7-19;1-16-14-17(6-7-18(16)23(4,5)33)21(32)30-12-10-24(11-13-30)19-8-9-20(25(26,27)28)31(19)22(2,3)15-29-24;1-3-16-33-18-6-4-17(5-7-18)22(32)29-12-10-23(11-13-29)20-9-8-19(21(31)24(25,26)27)30(20)15-14-28(23)2;1-21(2)13-30-16(19(31)23(25,26)27)5-7-18(30)22(28-21)8-10-29(11-9-22)20(32)14-4-6-17(33-3)15(24)12-14;;/h3-11,18H,12-17H2,1-2H3;6-9,14,29,33H,10-13,15H2,1-5H3;4-9H,3,10-16H2,1-2H3;4-7,12,28H,8-11,13H2,1-3H3;2*1H. The van der Waals surface area contributed by atoms with Crippen LogP contribution in [0.15, 0.2) is 158 Å². The van der Waals surface area contributed by atoms with Crippen LogP contribution in [0, 0.1) is 6.92 Å². The minimum atomic E-state index is -4.94. The third kappa shape index (κ3) is 20.0. The molecule has 9 aromatic rings. The first-order valence-corrected chi connectivity index (χ1v) is 45.7. The Balaban J connectivity index is 0.000000164. The topological polar surface area (TPSA) is 231 Å². The fourth-order valence-corrected chi connectivity index (χ4v) is 21.3. The minimum absolute atomic E-state index is 0. The number of aliphatic hydroxyl groups is 1. The lowest BCUT2D eigenvalue weighted by molar-refractivity contribution is -0.146. The van der Waals surface area contributed by atoms with Gasteiger partial charge in [-0.25, -0.2) is 0 Å². The molecule has 136 heavy (non-hydrogen) atoms. The second-order valence-corrected chi connectivity index (χ2v) is 38.5. The summed E-state index contributed by atoms with van der Waals surface area (Å²) in [6, 6.07) is 43.8. The lowest BCUT2D eigenvalue weighted by Gasteiger charge is -2.51. The van der Waals surface area contributed by atoms with Crippen LogP contribution in [0.5, 0.6) is 17.2 Å². The molecule has 4 spiro atoms. The summed E-state index contributed by atoms with van der Waals surface area (Å²) in [6.45, 7) is 21.3. The van der Waals surface area contributed by atoms with Crippen molar-refractivity contribution < 1.29 is 108 Å². The van der Waals surface area contributed by atoms with Crippen molar-refractivity contribution in [3.05, 3.63) is 242 Å². The van der Waals surface area contributed by atoms with Crippen LogP contribution in [0.2, 0.25) is 5.02 Å². The van der Waals surface area contributed by atoms with Gasteiger partial charge in [-0.05, 0) is 258 Å². The van der Waals surface area contributed by atoms with Crippen molar-refractivity contribution in [1.29, 1.82) is 0 Å². The molecule has 4 aromatic heterocycles. The highest BCUT2D eigenvalue weighted by Gasteiger charge is 2.55. The fourth-order valence-electron chi connectivity index (χ4n) is 21.1. The summed E-state index contributed by atoms with van der Waals surface area (Å²) in [5, 5.41) is 17.7. The SMILES string of the molecule is CCCOc1ccc(C(=O)N2CCC3(CC2)c2ccc(C(=O)C(F)(F)F)n2CCN3C)cc1.COc1ccc(C(=O)N2CCC3(CC2)NC(C)(C)Cn2c(C(=O)C(F)(F)F)ccc23)cc1Cl.COc1ccc(C(=O)N2CCC3(CC2)c2ccc(C(=O)C(F)(F)F)n2CCN3C)cc1-c1ccccc1.Cc1cc(C(=O)N2CCC3(CC2)NCC(C)(C)n2c(C(F)(F)F)ccc23)ccc1C(C)(C)O.[HH].[HH]. The molecule has 0 atom stereocenters. The van der Waals surface area contributed by atoms with Gasteiger partial charge < -0.3 is 62.5 Å². The van der Waals surface area contributed by atoms with Gasteiger partial charge in [-0.2, -0.15) is 52.7 Å². The van der Waals surface area contributed by atoms with Crippen LogP contribution in [0.1, 0.15) is 222 Å². The molecule has 4 fully saturated rings. The Labute approximate surface area is 788 Å². The van der Waals surface area contributed by atoms with Gasteiger partial charge in [-0.3, -0.25) is 48.7 Å². The summed E-state index contributed by atoms with van der Waals surface area (Å²) in [7, 11) is 7.00. The van der Waals surface area contributed by atoms with Gasteiger partial charge in [0.15, 0.2) is 0 Å². The molecule has 8 aliphatic heterocycles. The van der Waals surface area contributed by atoms with Gasteiger partial charge in [-0.1, -0.05) is 54.9 Å². The van der Waals surface area contributed by atoms with Crippen LogP contribution in [-0.2, 0) is 59.1 Å². The Hall–Kier alpha value is -11.2. The van der Waals surface area contributed by atoms with E-state index in [9.17, 15) is 91.4 Å². The number of aromatic nitrogens is 4. The molecule has 0 bridgehead atoms. The lowest BCUT2D eigenvalue weighted by Crippen LogP contribution is -2.63.